The van der Waals surface area contributed by atoms with Crippen molar-refractivity contribution in [1.82, 2.24) is 5.43 Å². The summed E-state index contributed by atoms with van der Waals surface area (Å²) in [5.74, 6) is -0.395. The minimum Gasteiger partial charge on any atom is -0.484 e. The van der Waals surface area contributed by atoms with Crippen LogP contribution < -0.4 is 19.8 Å². The Morgan fingerprint density at radius 1 is 0.971 bits per heavy atom. The maximum Gasteiger partial charge on any atom is 0.262 e. The third-order valence-corrected chi connectivity index (χ3v) is 6.32. The number of benzene rings is 3. The Balaban J connectivity index is 1.50. The van der Waals surface area contributed by atoms with E-state index in [1.54, 1.807) is 60.7 Å². The van der Waals surface area contributed by atoms with Gasteiger partial charge in [-0.1, -0.05) is 30.3 Å². The van der Waals surface area contributed by atoms with Crippen LogP contribution in [0.1, 0.15) is 5.56 Å². The average molecular weight is 559 g/mol. The molecule has 0 aromatic heterocycles. The molecule has 2 amide bonds. The van der Waals surface area contributed by atoms with Gasteiger partial charge >= 0.3 is 0 Å². The van der Waals surface area contributed by atoms with Gasteiger partial charge in [-0.3, -0.25) is 13.9 Å². The van der Waals surface area contributed by atoms with Crippen LogP contribution in [-0.4, -0.2) is 45.9 Å². The summed E-state index contributed by atoms with van der Waals surface area (Å²) in [4.78, 5) is 24.3. The fourth-order valence-electron chi connectivity index (χ4n) is 2.90. The van der Waals surface area contributed by atoms with E-state index in [1.807, 2.05) is 18.2 Å². The fraction of sp³-hybridized carbons (Fsp3) is 0.125. The summed E-state index contributed by atoms with van der Waals surface area (Å²) in [5, 5.41) is 6.61. The van der Waals surface area contributed by atoms with E-state index >= 15 is 0 Å². The molecule has 0 unspecified atom stereocenters. The summed E-state index contributed by atoms with van der Waals surface area (Å²) < 4.78 is 31.4. The van der Waals surface area contributed by atoms with Crippen LogP contribution in [0.4, 0.5) is 11.4 Å². The van der Waals surface area contributed by atoms with Crippen LogP contribution in [0.15, 0.2) is 88.4 Å². The first-order chi connectivity index (χ1) is 16.7. The summed E-state index contributed by atoms with van der Waals surface area (Å²) in [5.41, 5.74) is 4.02. The number of nitrogens with zero attached hydrogens (tertiary/aromatic N) is 2. The zero-order chi connectivity index (χ0) is 25.3. The van der Waals surface area contributed by atoms with Gasteiger partial charge in [-0.2, -0.15) is 5.10 Å². The second-order valence-corrected chi connectivity index (χ2v) is 10.0. The van der Waals surface area contributed by atoms with Gasteiger partial charge in [0.2, 0.25) is 10.0 Å². The van der Waals surface area contributed by atoms with Crippen LogP contribution in [0.5, 0.6) is 5.75 Å². The molecule has 11 heteroatoms. The molecule has 0 atom stereocenters. The first-order valence-electron chi connectivity index (χ1n) is 10.3. The maximum atomic E-state index is 12.3. The zero-order valence-electron chi connectivity index (χ0n) is 18.7. The van der Waals surface area contributed by atoms with Crippen molar-refractivity contribution in [3.63, 3.8) is 0 Å². The van der Waals surface area contributed by atoms with Crippen LogP contribution in [0.25, 0.3) is 0 Å². The first-order valence-corrected chi connectivity index (χ1v) is 13.0. The number of carbonyl (C=O) groups excluding carboxylic acids is 2. The molecular weight excluding hydrogens is 536 g/mol. The summed E-state index contributed by atoms with van der Waals surface area (Å²) in [7, 11) is -3.70. The monoisotopic (exact) mass is 558 g/mol. The maximum absolute atomic E-state index is 12.3. The van der Waals surface area contributed by atoms with Crippen LogP contribution >= 0.6 is 15.9 Å². The van der Waals surface area contributed by atoms with Crippen molar-refractivity contribution in [1.29, 1.82) is 0 Å². The Morgan fingerprint density at radius 3 is 2.29 bits per heavy atom. The van der Waals surface area contributed by atoms with E-state index in [2.05, 4.69) is 31.8 Å². The highest BCUT2D eigenvalue weighted by Crippen LogP contribution is 2.27. The van der Waals surface area contributed by atoms with Crippen molar-refractivity contribution in [2.45, 2.75) is 0 Å². The van der Waals surface area contributed by atoms with E-state index in [-0.39, 0.29) is 12.5 Å². The number of anilines is 2. The van der Waals surface area contributed by atoms with Gasteiger partial charge in [0.25, 0.3) is 11.8 Å². The van der Waals surface area contributed by atoms with Crippen molar-refractivity contribution >= 4 is 55.4 Å². The van der Waals surface area contributed by atoms with Gasteiger partial charge in [0.1, 0.15) is 12.3 Å². The molecule has 0 saturated heterocycles. The second kappa shape index (κ2) is 12.1. The highest BCUT2D eigenvalue weighted by molar-refractivity contribution is 9.10. The van der Waals surface area contributed by atoms with E-state index in [0.29, 0.717) is 27.2 Å². The quantitative estimate of drug-likeness (QED) is 0.292. The van der Waals surface area contributed by atoms with E-state index in [4.69, 9.17) is 4.74 Å². The van der Waals surface area contributed by atoms with Crippen LogP contribution in [-0.2, 0) is 19.6 Å². The predicted octanol–water partition coefficient (Wildman–Crippen LogP) is 3.38. The molecule has 3 aromatic carbocycles. The molecule has 0 heterocycles. The largest absolute Gasteiger partial charge is 0.484 e. The molecule has 9 nitrogen and oxygen atoms in total. The van der Waals surface area contributed by atoms with Gasteiger partial charge in [-0.15, -0.1) is 0 Å². The number of sulfonamides is 1. The lowest BCUT2D eigenvalue weighted by Crippen LogP contribution is -2.39. The van der Waals surface area contributed by atoms with E-state index in [9.17, 15) is 18.0 Å². The Morgan fingerprint density at radius 2 is 1.63 bits per heavy atom. The summed E-state index contributed by atoms with van der Waals surface area (Å²) in [6.07, 6.45) is 2.44. The predicted molar refractivity (Wildman–Crippen MR) is 139 cm³/mol. The van der Waals surface area contributed by atoms with E-state index in [0.717, 1.165) is 10.6 Å². The van der Waals surface area contributed by atoms with Crippen molar-refractivity contribution in [2.75, 3.05) is 29.0 Å². The number of hydrogen-bond acceptors (Lipinski definition) is 6. The number of amides is 2. The van der Waals surface area contributed by atoms with Gasteiger partial charge in [-0.05, 0) is 70.0 Å². The van der Waals surface area contributed by atoms with E-state index < -0.39 is 22.5 Å². The number of ether oxygens (including phenoxy) is 1. The van der Waals surface area contributed by atoms with Gasteiger partial charge in [-0.25, -0.2) is 13.8 Å². The highest BCUT2D eigenvalue weighted by Gasteiger charge is 2.22. The third-order valence-electron chi connectivity index (χ3n) is 4.52. The SMILES string of the molecule is CS(=O)(=O)N(CC(=O)NN=Cc1ccc(OCC(=O)Nc2ccccc2)cc1)c1ccccc1Br. The number of hydrogen-bond donors (Lipinski definition) is 2. The average Bonchev–Trinajstić information content (AvgIpc) is 2.82. The molecule has 2 N–H and O–H groups in total. The Bertz CT molecular complexity index is 1300. The molecule has 0 aliphatic rings. The van der Waals surface area contributed by atoms with Crippen molar-refractivity contribution < 1.29 is 22.7 Å². The second-order valence-electron chi connectivity index (χ2n) is 7.29. The number of carbonyl (C=O) groups is 2. The van der Waals surface area contributed by atoms with Crippen molar-refractivity contribution in [3.8, 4) is 5.75 Å². The Labute approximate surface area is 212 Å². The molecule has 3 aromatic rings. The smallest absolute Gasteiger partial charge is 0.262 e. The van der Waals surface area contributed by atoms with Gasteiger partial charge in [0.05, 0.1) is 18.2 Å². The van der Waals surface area contributed by atoms with Gasteiger partial charge in [0.15, 0.2) is 6.61 Å². The van der Waals surface area contributed by atoms with Crippen LogP contribution in [0, 0.1) is 0 Å². The minimum absolute atomic E-state index is 0.146. The Kier molecular flexibility index (Phi) is 8.98. The molecule has 0 fully saturated rings. The first kappa shape index (κ1) is 25.9. The Hall–Kier alpha value is -3.70. The highest BCUT2D eigenvalue weighted by atomic mass is 79.9. The number of hydrazone groups is 1. The lowest BCUT2D eigenvalue weighted by atomic mass is 10.2. The zero-order valence-corrected chi connectivity index (χ0v) is 21.1. The molecule has 182 valence electrons. The molecule has 0 aliphatic heterocycles. The lowest BCUT2D eigenvalue weighted by molar-refractivity contribution is -0.119. The lowest BCUT2D eigenvalue weighted by Gasteiger charge is -2.22. The van der Waals surface area contributed by atoms with Gasteiger partial charge < -0.3 is 10.1 Å². The molecule has 0 saturated carbocycles. The van der Waals surface area contributed by atoms with Crippen LogP contribution in [0.2, 0.25) is 0 Å². The molecule has 0 spiro atoms. The third kappa shape index (κ3) is 8.23. The molecule has 3 rings (SSSR count). The molecule has 0 bridgehead atoms. The standard InChI is InChI=1S/C24H23BrN4O5S/c1-35(32,33)29(22-10-6-5-9-21(22)25)16-23(30)28-26-15-18-11-13-20(14-12-18)34-17-24(31)27-19-7-3-2-4-8-19/h2-15H,16-17H2,1H3,(H,27,31)(H,28,30). The summed E-state index contributed by atoms with van der Waals surface area (Å²) in [6.45, 7) is -0.580. The number of halogens is 1. The summed E-state index contributed by atoms with van der Waals surface area (Å²) >= 11 is 3.30. The fourth-order valence-corrected chi connectivity index (χ4v) is 4.38. The minimum atomic E-state index is -3.70. The molecular formula is C24H23BrN4O5S. The number of nitrogens with one attached hydrogen (secondary N) is 2. The molecule has 0 radical (unpaired) electrons. The number of rotatable bonds is 10. The topological polar surface area (TPSA) is 117 Å². The number of para-hydroxylation sites is 2. The van der Waals surface area contributed by atoms with Gasteiger partial charge in [0, 0.05) is 10.2 Å². The summed E-state index contributed by atoms with van der Waals surface area (Å²) in [6, 6.07) is 22.5. The normalized spacial score (nSPS) is 11.1. The van der Waals surface area contributed by atoms with Crippen molar-refractivity contribution in [3.05, 3.63) is 88.9 Å². The van der Waals surface area contributed by atoms with Crippen LogP contribution in [0.3, 0.4) is 0 Å². The van der Waals surface area contributed by atoms with E-state index in [1.165, 1.54) is 6.21 Å². The molecule has 35 heavy (non-hydrogen) atoms. The molecule has 0 aliphatic carbocycles. The van der Waals surface area contributed by atoms with Crippen molar-refractivity contribution in [2.24, 2.45) is 5.10 Å².